The Balaban J connectivity index is 1.59. The molecule has 0 radical (unpaired) electrons. The van der Waals surface area contributed by atoms with Crippen LogP contribution in [0.3, 0.4) is 0 Å². The van der Waals surface area contributed by atoms with Crippen molar-refractivity contribution in [3.8, 4) is 5.75 Å². The summed E-state index contributed by atoms with van der Waals surface area (Å²) >= 11 is 0. The van der Waals surface area contributed by atoms with Crippen LogP contribution < -0.4 is 10.1 Å². The third-order valence-corrected chi connectivity index (χ3v) is 5.05. The summed E-state index contributed by atoms with van der Waals surface area (Å²) in [6, 6.07) is 7.85. The van der Waals surface area contributed by atoms with Crippen LogP contribution in [0.2, 0.25) is 0 Å². The molecule has 1 fully saturated rings. The minimum atomic E-state index is -0.346. The van der Waals surface area contributed by atoms with Gasteiger partial charge < -0.3 is 14.6 Å². The number of methoxy groups -OCH3 is 1. The Hall–Kier alpha value is -2.30. The molecular weight excluding hydrogens is 314 g/mol. The van der Waals surface area contributed by atoms with Gasteiger partial charge >= 0.3 is 0 Å². The lowest BCUT2D eigenvalue weighted by Crippen LogP contribution is -2.36. The fourth-order valence-corrected chi connectivity index (χ4v) is 3.38. The summed E-state index contributed by atoms with van der Waals surface area (Å²) in [7, 11) is 1.65. The normalized spacial score (nSPS) is 15.0. The number of ether oxygens (including phenoxy) is 1. The Labute approximate surface area is 149 Å². The minimum Gasteiger partial charge on any atom is -0.497 e. The fraction of sp³-hybridized carbons (Fsp3) is 0.500. The number of imidazole rings is 1. The quantitative estimate of drug-likeness (QED) is 0.803. The highest BCUT2D eigenvalue weighted by atomic mass is 16.5. The van der Waals surface area contributed by atoms with Crippen LogP contribution in [0.4, 0.5) is 0 Å². The van der Waals surface area contributed by atoms with Gasteiger partial charge in [0.2, 0.25) is 5.91 Å². The molecule has 134 valence electrons. The maximum atomic E-state index is 12.7. The predicted molar refractivity (Wildman–Crippen MR) is 97.9 cm³/mol. The largest absolute Gasteiger partial charge is 0.497 e. The molecule has 1 aliphatic carbocycles. The van der Waals surface area contributed by atoms with Gasteiger partial charge in [0.25, 0.3) is 0 Å². The zero-order valence-electron chi connectivity index (χ0n) is 15.3. The standard InChI is InChI=1S/C20H27N3O2/c1-4-13-23-15(2)14-22-18(23)9-12-21-19(24)20(10-11-20)16-5-7-17(25-3)8-6-16/h5-8,14H,4,9-13H2,1-3H3,(H,21,24). The van der Waals surface area contributed by atoms with Crippen LogP contribution in [0.5, 0.6) is 5.75 Å². The van der Waals surface area contributed by atoms with Crippen LogP contribution in [-0.4, -0.2) is 29.1 Å². The van der Waals surface area contributed by atoms with Crippen molar-refractivity contribution in [3.63, 3.8) is 0 Å². The molecule has 1 amide bonds. The number of aromatic nitrogens is 2. The van der Waals surface area contributed by atoms with E-state index in [4.69, 9.17) is 4.74 Å². The molecule has 0 spiro atoms. The number of nitrogens with zero attached hydrogens (tertiary/aromatic N) is 2. The monoisotopic (exact) mass is 341 g/mol. The van der Waals surface area contributed by atoms with E-state index in [0.717, 1.165) is 49.4 Å². The van der Waals surface area contributed by atoms with Gasteiger partial charge in [-0.1, -0.05) is 19.1 Å². The van der Waals surface area contributed by atoms with Crippen molar-refractivity contribution < 1.29 is 9.53 Å². The van der Waals surface area contributed by atoms with Gasteiger partial charge in [-0.05, 0) is 43.9 Å². The third kappa shape index (κ3) is 3.55. The Morgan fingerprint density at radius 2 is 2.04 bits per heavy atom. The zero-order valence-corrected chi connectivity index (χ0v) is 15.3. The zero-order chi connectivity index (χ0) is 17.9. The molecule has 5 heteroatoms. The molecule has 1 saturated carbocycles. The molecule has 0 bridgehead atoms. The fourth-order valence-electron chi connectivity index (χ4n) is 3.38. The molecule has 1 N–H and O–H groups in total. The lowest BCUT2D eigenvalue weighted by molar-refractivity contribution is -0.123. The van der Waals surface area contributed by atoms with Crippen LogP contribution >= 0.6 is 0 Å². The number of benzene rings is 1. The summed E-state index contributed by atoms with van der Waals surface area (Å²) in [6.45, 7) is 5.84. The van der Waals surface area contributed by atoms with Gasteiger partial charge in [0, 0.05) is 31.4 Å². The van der Waals surface area contributed by atoms with E-state index in [1.807, 2.05) is 30.5 Å². The third-order valence-electron chi connectivity index (χ3n) is 5.05. The molecule has 0 saturated heterocycles. The molecule has 1 aliphatic rings. The average molecular weight is 341 g/mol. The Bertz CT molecular complexity index is 730. The summed E-state index contributed by atoms with van der Waals surface area (Å²) in [6.07, 6.45) is 5.57. The molecule has 1 heterocycles. The molecule has 25 heavy (non-hydrogen) atoms. The molecule has 0 unspecified atom stereocenters. The lowest BCUT2D eigenvalue weighted by atomic mass is 9.95. The topological polar surface area (TPSA) is 56.2 Å². The van der Waals surface area contributed by atoms with Crippen LogP contribution in [0.1, 0.15) is 43.3 Å². The van der Waals surface area contributed by atoms with Gasteiger partial charge in [-0.2, -0.15) is 0 Å². The predicted octanol–water partition coefficient (Wildman–Crippen LogP) is 3.00. The molecule has 1 aromatic heterocycles. The number of hydrogen-bond donors (Lipinski definition) is 1. The number of carbonyl (C=O) groups excluding carboxylic acids is 1. The van der Waals surface area contributed by atoms with Gasteiger partial charge in [-0.25, -0.2) is 4.98 Å². The van der Waals surface area contributed by atoms with E-state index in [1.165, 1.54) is 5.69 Å². The van der Waals surface area contributed by atoms with Crippen LogP contribution in [0, 0.1) is 6.92 Å². The van der Waals surface area contributed by atoms with E-state index in [-0.39, 0.29) is 11.3 Å². The summed E-state index contributed by atoms with van der Waals surface area (Å²) < 4.78 is 7.44. The maximum Gasteiger partial charge on any atom is 0.230 e. The van der Waals surface area contributed by atoms with E-state index in [9.17, 15) is 4.79 Å². The first-order chi connectivity index (χ1) is 12.1. The highest BCUT2D eigenvalue weighted by Gasteiger charge is 2.51. The van der Waals surface area contributed by atoms with Crippen LogP contribution in [0.25, 0.3) is 0 Å². The van der Waals surface area contributed by atoms with Gasteiger partial charge in [-0.3, -0.25) is 4.79 Å². The maximum absolute atomic E-state index is 12.7. The second-order valence-electron chi connectivity index (χ2n) is 6.78. The lowest BCUT2D eigenvalue weighted by Gasteiger charge is -2.16. The second-order valence-corrected chi connectivity index (χ2v) is 6.78. The molecule has 0 aliphatic heterocycles. The van der Waals surface area contributed by atoms with E-state index < -0.39 is 0 Å². The minimum absolute atomic E-state index is 0.128. The second kappa shape index (κ2) is 7.30. The Morgan fingerprint density at radius 3 is 2.64 bits per heavy atom. The highest BCUT2D eigenvalue weighted by molar-refractivity contribution is 5.91. The molecule has 0 atom stereocenters. The van der Waals surface area contributed by atoms with Crippen LogP contribution in [-0.2, 0) is 23.2 Å². The van der Waals surface area contributed by atoms with Crippen molar-refractivity contribution in [3.05, 3.63) is 47.5 Å². The van der Waals surface area contributed by atoms with Gasteiger partial charge in [-0.15, -0.1) is 0 Å². The summed E-state index contributed by atoms with van der Waals surface area (Å²) in [5.74, 6) is 2.00. The van der Waals surface area contributed by atoms with Gasteiger partial charge in [0.15, 0.2) is 0 Å². The first kappa shape index (κ1) is 17.5. The van der Waals surface area contributed by atoms with E-state index in [1.54, 1.807) is 7.11 Å². The van der Waals surface area contributed by atoms with Crippen molar-refractivity contribution in [2.24, 2.45) is 0 Å². The summed E-state index contributed by atoms with van der Waals surface area (Å²) in [4.78, 5) is 17.2. The first-order valence-corrected chi connectivity index (χ1v) is 9.04. The van der Waals surface area contributed by atoms with E-state index >= 15 is 0 Å². The summed E-state index contributed by atoms with van der Waals surface area (Å²) in [5.41, 5.74) is 1.91. The van der Waals surface area contributed by atoms with Crippen molar-refractivity contribution in [2.75, 3.05) is 13.7 Å². The average Bonchev–Trinajstić information content (AvgIpc) is 3.38. The Kier molecular flexibility index (Phi) is 5.11. The number of amides is 1. The highest BCUT2D eigenvalue weighted by Crippen LogP contribution is 2.48. The molecule has 2 aromatic rings. The number of rotatable bonds is 8. The molecular formula is C20H27N3O2. The smallest absolute Gasteiger partial charge is 0.230 e. The number of carbonyl (C=O) groups is 1. The number of aryl methyl sites for hydroxylation is 1. The molecule has 3 rings (SSSR count). The van der Waals surface area contributed by atoms with Crippen molar-refractivity contribution in [1.82, 2.24) is 14.9 Å². The Morgan fingerprint density at radius 1 is 1.32 bits per heavy atom. The van der Waals surface area contributed by atoms with Crippen LogP contribution in [0.15, 0.2) is 30.5 Å². The van der Waals surface area contributed by atoms with Crippen molar-refractivity contribution in [1.29, 1.82) is 0 Å². The summed E-state index contributed by atoms with van der Waals surface area (Å²) in [5, 5.41) is 3.12. The van der Waals surface area contributed by atoms with E-state index in [0.29, 0.717) is 6.54 Å². The molecule has 1 aromatic carbocycles. The SMILES string of the molecule is CCCn1c(C)cnc1CCNC(=O)C1(c2ccc(OC)cc2)CC1. The van der Waals surface area contributed by atoms with Gasteiger partial charge in [0.05, 0.1) is 12.5 Å². The van der Waals surface area contributed by atoms with Crippen molar-refractivity contribution in [2.45, 2.75) is 51.5 Å². The first-order valence-electron chi connectivity index (χ1n) is 9.04. The van der Waals surface area contributed by atoms with Crippen molar-refractivity contribution >= 4 is 5.91 Å². The van der Waals surface area contributed by atoms with E-state index in [2.05, 4.69) is 28.7 Å². The number of nitrogens with one attached hydrogen (secondary N) is 1. The number of hydrogen-bond acceptors (Lipinski definition) is 3. The molecule has 5 nitrogen and oxygen atoms in total. The van der Waals surface area contributed by atoms with Gasteiger partial charge in [0.1, 0.15) is 11.6 Å².